The molecule has 2 aromatic rings. The van der Waals surface area contributed by atoms with Gasteiger partial charge in [0.15, 0.2) is 6.10 Å². The number of anilines is 1. The van der Waals surface area contributed by atoms with E-state index in [0.717, 1.165) is 0 Å². The van der Waals surface area contributed by atoms with Crippen LogP contribution in [0.15, 0.2) is 36.4 Å². The van der Waals surface area contributed by atoms with Gasteiger partial charge in [0.05, 0.1) is 19.9 Å². The van der Waals surface area contributed by atoms with Gasteiger partial charge in [0, 0.05) is 5.02 Å². The number of rotatable bonds is 6. The lowest BCUT2D eigenvalue weighted by atomic mass is 10.2. The number of phenolic OH excluding ortho intramolecular Hbond substituents is 1. The summed E-state index contributed by atoms with van der Waals surface area (Å²) in [4.78, 5) is 24.5. The average Bonchev–Trinajstić information content (AvgIpc) is 2.62. The minimum Gasteiger partial charge on any atom is -0.507 e. The maximum absolute atomic E-state index is 12.3. The Morgan fingerprint density at radius 1 is 1.12 bits per heavy atom. The molecule has 1 amide bonds. The van der Waals surface area contributed by atoms with E-state index in [0.29, 0.717) is 22.2 Å². The number of benzene rings is 2. The third-order valence-electron chi connectivity index (χ3n) is 3.50. The van der Waals surface area contributed by atoms with Crippen LogP contribution in [0.1, 0.15) is 17.3 Å². The summed E-state index contributed by atoms with van der Waals surface area (Å²) in [5.41, 5.74) is 0.237. The predicted octanol–water partition coefficient (Wildman–Crippen LogP) is 3.25. The Labute approximate surface area is 155 Å². The van der Waals surface area contributed by atoms with E-state index in [1.54, 1.807) is 12.1 Å². The molecule has 0 saturated heterocycles. The predicted molar refractivity (Wildman–Crippen MR) is 96.2 cm³/mol. The zero-order chi connectivity index (χ0) is 19.3. The number of amides is 1. The van der Waals surface area contributed by atoms with E-state index in [1.807, 2.05) is 0 Å². The molecule has 0 unspecified atom stereocenters. The van der Waals surface area contributed by atoms with Crippen LogP contribution in [0.4, 0.5) is 5.69 Å². The van der Waals surface area contributed by atoms with Crippen molar-refractivity contribution < 1.29 is 28.9 Å². The second-order valence-corrected chi connectivity index (χ2v) is 5.70. The Bertz CT molecular complexity index is 823. The van der Waals surface area contributed by atoms with E-state index in [2.05, 4.69) is 5.32 Å². The van der Waals surface area contributed by atoms with Crippen molar-refractivity contribution in [2.75, 3.05) is 19.5 Å². The normalized spacial score (nSPS) is 11.4. The van der Waals surface area contributed by atoms with Gasteiger partial charge in [-0.25, -0.2) is 4.79 Å². The smallest absolute Gasteiger partial charge is 0.342 e. The fourth-order valence-electron chi connectivity index (χ4n) is 2.10. The first kappa shape index (κ1) is 19.4. The number of nitrogens with one attached hydrogen (secondary N) is 1. The topological polar surface area (TPSA) is 94.1 Å². The first-order valence-corrected chi connectivity index (χ1v) is 7.96. The maximum Gasteiger partial charge on any atom is 0.342 e. The molecule has 0 aliphatic heterocycles. The Kier molecular flexibility index (Phi) is 6.30. The highest BCUT2D eigenvalue weighted by Crippen LogP contribution is 2.28. The van der Waals surface area contributed by atoms with Crippen LogP contribution in [0, 0.1) is 0 Å². The van der Waals surface area contributed by atoms with Gasteiger partial charge in [0.25, 0.3) is 5.91 Å². The molecule has 8 heteroatoms. The molecule has 1 atom stereocenters. The van der Waals surface area contributed by atoms with Crippen molar-refractivity contribution in [3.8, 4) is 17.2 Å². The lowest BCUT2D eigenvalue weighted by Crippen LogP contribution is -2.30. The van der Waals surface area contributed by atoms with Crippen molar-refractivity contribution >= 4 is 29.2 Å². The lowest BCUT2D eigenvalue weighted by Gasteiger charge is -2.16. The second kappa shape index (κ2) is 8.44. The summed E-state index contributed by atoms with van der Waals surface area (Å²) in [5.74, 6) is -0.939. The molecule has 0 saturated carbocycles. The van der Waals surface area contributed by atoms with Crippen molar-refractivity contribution in [3.05, 3.63) is 47.0 Å². The van der Waals surface area contributed by atoms with E-state index >= 15 is 0 Å². The molecule has 138 valence electrons. The molecular weight excluding hydrogens is 362 g/mol. The molecule has 0 aliphatic carbocycles. The number of methoxy groups -OCH3 is 2. The van der Waals surface area contributed by atoms with Crippen LogP contribution in [0.2, 0.25) is 5.02 Å². The molecule has 26 heavy (non-hydrogen) atoms. The molecule has 7 nitrogen and oxygen atoms in total. The van der Waals surface area contributed by atoms with Crippen LogP contribution in [-0.4, -0.2) is 37.3 Å². The minimum atomic E-state index is -1.13. The molecule has 2 rings (SSSR count). The highest BCUT2D eigenvalue weighted by atomic mass is 35.5. The van der Waals surface area contributed by atoms with Gasteiger partial charge >= 0.3 is 5.97 Å². The van der Waals surface area contributed by atoms with Crippen LogP contribution < -0.4 is 14.8 Å². The summed E-state index contributed by atoms with van der Waals surface area (Å²) >= 11 is 5.92. The van der Waals surface area contributed by atoms with Crippen LogP contribution in [-0.2, 0) is 9.53 Å². The minimum absolute atomic E-state index is 0.107. The number of halogens is 1. The maximum atomic E-state index is 12.3. The highest BCUT2D eigenvalue weighted by Gasteiger charge is 2.22. The Hall–Kier alpha value is -2.93. The fraction of sp³-hybridized carbons (Fsp3) is 0.222. The molecule has 2 N–H and O–H groups in total. The molecule has 0 bridgehead atoms. The van der Waals surface area contributed by atoms with E-state index in [9.17, 15) is 14.7 Å². The quantitative estimate of drug-likeness (QED) is 0.748. The molecule has 2 aromatic carbocycles. The number of esters is 1. The van der Waals surface area contributed by atoms with Crippen molar-refractivity contribution in [3.63, 3.8) is 0 Å². The van der Waals surface area contributed by atoms with E-state index < -0.39 is 18.0 Å². The molecule has 0 aliphatic rings. The SMILES string of the molecule is COc1ccc(O)c(C(=O)O[C@@H](C)C(=O)Nc2cc(Cl)ccc2OC)c1. The number of hydrogen-bond acceptors (Lipinski definition) is 6. The largest absolute Gasteiger partial charge is 0.507 e. The number of hydrogen-bond donors (Lipinski definition) is 2. The number of aromatic hydroxyl groups is 1. The highest BCUT2D eigenvalue weighted by molar-refractivity contribution is 6.31. The van der Waals surface area contributed by atoms with Crippen molar-refractivity contribution in [2.24, 2.45) is 0 Å². The van der Waals surface area contributed by atoms with Crippen LogP contribution in [0.5, 0.6) is 17.2 Å². The van der Waals surface area contributed by atoms with E-state index in [-0.39, 0.29) is 11.3 Å². The van der Waals surface area contributed by atoms with Crippen LogP contribution in [0.3, 0.4) is 0 Å². The van der Waals surface area contributed by atoms with Crippen molar-refractivity contribution in [2.45, 2.75) is 13.0 Å². The summed E-state index contributed by atoms with van der Waals surface area (Å²) in [6.45, 7) is 1.40. The molecule has 0 aromatic heterocycles. The Morgan fingerprint density at radius 2 is 1.85 bits per heavy atom. The number of carbonyl (C=O) groups is 2. The van der Waals surface area contributed by atoms with Crippen LogP contribution >= 0.6 is 11.6 Å². The van der Waals surface area contributed by atoms with Gasteiger partial charge in [0.2, 0.25) is 0 Å². The molecular formula is C18H18ClNO6. The second-order valence-electron chi connectivity index (χ2n) is 5.26. The van der Waals surface area contributed by atoms with E-state index in [4.69, 9.17) is 25.8 Å². The Morgan fingerprint density at radius 3 is 2.50 bits per heavy atom. The average molecular weight is 380 g/mol. The van der Waals surface area contributed by atoms with Gasteiger partial charge in [-0.3, -0.25) is 4.79 Å². The molecule has 0 radical (unpaired) electrons. The van der Waals surface area contributed by atoms with Crippen LogP contribution in [0.25, 0.3) is 0 Å². The van der Waals surface area contributed by atoms with Gasteiger partial charge in [-0.2, -0.15) is 0 Å². The summed E-state index contributed by atoms with van der Waals surface area (Å²) < 4.78 is 15.3. The molecule has 0 spiro atoms. The lowest BCUT2D eigenvalue weighted by molar-refractivity contribution is -0.123. The van der Waals surface area contributed by atoms with Gasteiger partial charge in [0.1, 0.15) is 22.8 Å². The monoisotopic (exact) mass is 379 g/mol. The first-order chi connectivity index (χ1) is 12.3. The summed E-state index contributed by atoms with van der Waals surface area (Å²) in [7, 11) is 2.88. The third kappa shape index (κ3) is 4.58. The first-order valence-electron chi connectivity index (χ1n) is 7.58. The summed E-state index contributed by atoms with van der Waals surface area (Å²) in [6, 6.07) is 8.85. The zero-order valence-corrected chi connectivity index (χ0v) is 15.2. The van der Waals surface area contributed by atoms with Gasteiger partial charge in [-0.15, -0.1) is 0 Å². The van der Waals surface area contributed by atoms with Crippen molar-refractivity contribution in [1.29, 1.82) is 0 Å². The van der Waals surface area contributed by atoms with E-state index in [1.165, 1.54) is 45.4 Å². The summed E-state index contributed by atoms with van der Waals surface area (Å²) in [5, 5.41) is 12.8. The zero-order valence-electron chi connectivity index (χ0n) is 14.4. The fourth-order valence-corrected chi connectivity index (χ4v) is 2.27. The van der Waals surface area contributed by atoms with Gasteiger partial charge in [-0.05, 0) is 43.3 Å². The number of phenols is 1. The Balaban J connectivity index is 2.10. The summed E-state index contributed by atoms with van der Waals surface area (Å²) in [6.07, 6.45) is -1.13. The van der Waals surface area contributed by atoms with Crippen molar-refractivity contribution in [1.82, 2.24) is 0 Å². The third-order valence-corrected chi connectivity index (χ3v) is 3.73. The number of ether oxygens (including phenoxy) is 3. The molecule has 0 fully saturated rings. The molecule has 0 heterocycles. The number of carbonyl (C=O) groups excluding carboxylic acids is 2. The van der Waals surface area contributed by atoms with Gasteiger partial charge < -0.3 is 24.6 Å². The standard InChI is InChI=1S/C18H18ClNO6/c1-10(17(22)20-14-8-11(19)4-7-16(14)25-3)26-18(23)13-9-12(24-2)5-6-15(13)21/h4-10,21H,1-3H3,(H,20,22)/t10-/m0/s1. The van der Waals surface area contributed by atoms with Gasteiger partial charge in [-0.1, -0.05) is 11.6 Å².